The van der Waals surface area contributed by atoms with E-state index >= 15 is 0 Å². The lowest BCUT2D eigenvalue weighted by atomic mass is 10.1. The molecule has 0 unspecified atom stereocenters. The van der Waals surface area contributed by atoms with Crippen LogP contribution in [0.2, 0.25) is 36.3 Å². The zero-order chi connectivity index (χ0) is 28.3. The summed E-state index contributed by atoms with van der Waals surface area (Å²) in [4.78, 5) is 48.2. The second-order valence-corrected chi connectivity index (χ2v) is 21.5. The summed E-state index contributed by atoms with van der Waals surface area (Å²) < 4.78 is 5.40. The van der Waals surface area contributed by atoms with E-state index in [-0.39, 0.29) is 41.5 Å². The average Bonchev–Trinajstić information content (AvgIpc) is 2.78. The Morgan fingerprint density at radius 3 is 1.97 bits per heavy atom. The van der Waals surface area contributed by atoms with Crippen molar-refractivity contribution >= 4 is 28.5 Å². The Bertz CT molecular complexity index is 833. The van der Waals surface area contributed by atoms with E-state index in [0.29, 0.717) is 19.6 Å². The molecule has 1 rings (SSSR count). The molecule has 0 spiro atoms. The fourth-order valence-corrected chi connectivity index (χ4v) is 5.26. The Labute approximate surface area is 227 Å². The van der Waals surface area contributed by atoms with Crippen LogP contribution in [0.1, 0.15) is 65.4 Å². The van der Waals surface area contributed by atoms with E-state index in [1.54, 1.807) is 4.90 Å². The van der Waals surface area contributed by atoms with Crippen molar-refractivity contribution < 1.29 is 23.9 Å². The summed E-state index contributed by atoms with van der Waals surface area (Å²) >= 11 is 0. The molecule has 1 aromatic rings. The SMILES string of the molecule is CC(C)(CCCNCC(=O)N(CCCC(C)(C)[Si](C)(C)O)CCC(=O)OCc1ccccc1)[Si](C)(C)O. The van der Waals surface area contributed by atoms with Crippen LogP contribution in [0.15, 0.2) is 30.3 Å². The van der Waals surface area contributed by atoms with E-state index in [2.05, 4.69) is 33.0 Å². The number of carbonyl (C=O) groups excluding carboxylic acids is 2. The second kappa shape index (κ2) is 14.6. The zero-order valence-electron chi connectivity index (χ0n) is 24.5. The van der Waals surface area contributed by atoms with Crippen molar-refractivity contribution in [3.63, 3.8) is 0 Å². The molecule has 1 amide bonds. The van der Waals surface area contributed by atoms with Gasteiger partial charge >= 0.3 is 5.97 Å². The highest BCUT2D eigenvalue weighted by atomic mass is 28.4. The first-order valence-corrected chi connectivity index (χ1v) is 19.5. The predicted molar refractivity (Wildman–Crippen MR) is 156 cm³/mol. The first kappa shape index (κ1) is 33.5. The molecule has 0 radical (unpaired) electrons. The second-order valence-electron chi connectivity index (χ2n) is 12.5. The van der Waals surface area contributed by atoms with Gasteiger partial charge in [0.25, 0.3) is 0 Å². The molecule has 0 atom stereocenters. The van der Waals surface area contributed by atoms with Crippen LogP contribution < -0.4 is 5.32 Å². The zero-order valence-corrected chi connectivity index (χ0v) is 26.5. The summed E-state index contributed by atoms with van der Waals surface area (Å²) in [6.45, 7) is 18.2. The van der Waals surface area contributed by atoms with Gasteiger partial charge in [0.05, 0.1) is 13.0 Å². The normalized spacial score (nSPS) is 12.9. The molecule has 3 N–H and O–H groups in total. The number of nitrogens with zero attached hydrogens (tertiary/aromatic N) is 1. The molecule has 0 heterocycles. The molecular weight excluding hydrogens is 500 g/mol. The Morgan fingerprint density at radius 2 is 1.43 bits per heavy atom. The van der Waals surface area contributed by atoms with Crippen molar-refractivity contribution in [2.75, 3.05) is 26.2 Å². The minimum Gasteiger partial charge on any atom is -0.461 e. The predicted octanol–water partition coefficient (Wildman–Crippen LogP) is 5.05. The molecule has 0 bridgehead atoms. The van der Waals surface area contributed by atoms with Crippen LogP contribution in [0.4, 0.5) is 0 Å². The number of amides is 1. The molecule has 1 aromatic carbocycles. The molecule has 212 valence electrons. The van der Waals surface area contributed by atoms with Gasteiger partial charge in [-0.3, -0.25) is 9.59 Å². The maximum absolute atomic E-state index is 13.0. The van der Waals surface area contributed by atoms with Gasteiger partial charge in [-0.05, 0) is 74.1 Å². The molecule has 0 aliphatic rings. The lowest BCUT2D eigenvalue weighted by Gasteiger charge is -2.35. The summed E-state index contributed by atoms with van der Waals surface area (Å²) in [7, 11) is -4.57. The van der Waals surface area contributed by atoms with Gasteiger partial charge < -0.3 is 24.5 Å². The quantitative estimate of drug-likeness (QED) is 0.142. The van der Waals surface area contributed by atoms with Crippen molar-refractivity contribution in [2.24, 2.45) is 0 Å². The summed E-state index contributed by atoms with van der Waals surface area (Å²) in [5, 5.41) is 3.00. The lowest BCUT2D eigenvalue weighted by molar-refractivity contribution is -0.145. The van der Waals surface area contributed by atoms with Crippen molar-refractivity contribution in [1.29, 1.82) is 0 Å². The van der Waals surface area contributed by atoms with Gasteiger partial charge in [0, 0.05) is 13.1 Å². The fraction of sp³-hybridized carbons (Fsp3) is 0.714. The highest BCUT2D eigenvalue weighted by Gasteiger charge is 2.38. The van der Waals surface area contributed by atoms with Gasteiger partial charge in [-0.2, -0.15) is 0 Å². The van der Waals surface area contributed by atoms with E-state index in [0.717, 1.165) is 31.2 Å². The third-order valence-electron chi connectivity index (χ3n) is 8.15. The molecule has 0 saturated heterocycles. The van der Waals surface area contributed by atoms with Gasteiger partial charge in [-0.25, -0.2) is 0 Å². The van der Waals surface area contributed by atoms with Crippen LogP contribution in [0.5, 0.6) is 0 Å². The van der Waals surface area contributed by atoms with Crippen LogP contribution in [-0.2, 0) is 20.9 Å². The molecule has 0 aliphatic heterocycles. The van der Waals surface area contributed by atoms with E-state index in [4.69, 9.17) is 4.74 Å². The molecule has 37 heavy (non-hydrogen) atoms. The van der Waals surface area contributed by atoms with E-state index in [1.165, 1.54) is 0 Å². The van der Waals surface area contributed by atoms with Crippen molar-refractivity contribution in [1.82, 2.24) is 10.2 Å². The van der Waals surface area contributed by atoms with E-state index in [1.807, 2.05) is 56.5 Å². The molecule has 0 saturated carbocycles. The number of carbonyl (C=O) groups is 2. The molecule has 0 aromatic heterocycles. The summed E-state index contributed by atoms with van der Waals surface area (Å²) in [5.74, 6) is -0.359. The highest BCUT2D eigenvalue weighted by molar-refractivity contribution is 6.73. The van der Waals surface area contributed by atoms with Crippen LogP contribution in [0.3, 0.4) is 0 Å². The smallest absolute Gasteiger partial charge is 0.307 e. The third kappa shape index (κ3) is 12.3. The number of nitrogens with one attached hydrogen (secondary N) is 1. The number of rotatable bonds is 17. The Morgan fingerprint density at radius 1 is 0.892 bits per heavy atom. The van der Waals surface area contributed by atoms with E-state index in [9.17, 15) is 19.2 Å². The maximum Gasteiger partial charge on any atom is 0.307 e. The van der Waals surface area contributed by atoms with E-state index < -0.39 is 16.6 Å². The summed E-state index contributed by atoms with van der Waals surface area (Å²) in [6.07, 6.45) is 3.50. The van der Waals surface area contributed by atoms with Crippen LogP contribution in [0.25, 0.3) is 0 Å². The van der Waals surface area contributed by atoms with Crippen molar-refractivity contribution in [3.05, 3.63) is 35.9 Å². The van der Waals surface area contributed by atoms with Crippen LogP contribution in [0, 0.1) is 0 Å². The van der Waals surface area contributed by atoms with Gasteiger partial charge in [0.2, 0.25) is 5.91 Å². The standard InChI is InChI=1S/C28H52N2O5Si2/c1-27(2,36(5,6)33)17-12-19-29-22-25(31)30(20-13-18-28(3,4)37(7,8)34)21-16-26(32)35-23-24-14-10-9-11-15-24/h9-11,14-15,29,33-34H,12-13,16-23H2,1-8H3. The molecule has 0 aliphatic carbocycles. The Kier molecular flexibility index (Phi) is 13.2. The fourth-order valence-electron chi connectivity index (χ4n) is 3.68. The Balaban J connectivity index is 2.61. The summed E-state index contributed by atoms with van der Waals surface area (Å²) in [5.41, 5.74) is 0.932. The van der Waals surface area contributed by atoms with Crippen molar-refractivity contribution in [2.45, 2.75) is 103 Å². The number of esters is 1. The topological polar surface area (TPSA) is 99.1 Å². The van der Waals surface area contributed by atoms with Gasteiger partial charge in [0.15, 0.2) is 16.6 Å². The van der Waals surface area contributed by atoms with Gasteiger partial charge in [0.1, 0.15) is 6.61 Å². The van der Waals surface area contributed by atoms with Crippen LogP contribution in [-0.4, -0.2) is 69.2 Å². The first-order chi connectivity index (χ1) is 17.0. The largest absolute Gasteiger partial charge is 0.461 e. The number of benzene rings is 1. The van der Waals surface area contributed by atoms with Gasteiger partial charge in [-0.1, -0.05) is 58.0 Å². The minimum absolute atomic E-state index is 0.0368. The first-order valence-electron chi connectivity index (χ1n) is 13.6. The number of hydrogen-bond donors (Lipinski definition) is 3. The number of ether oxygens (including phenoxy) is 1. The van der Waals surface area contributed by atoms with Crippen molar-refractivity contribution in [3.8, 4) is 0 Å². The Hall–Kier alpha value is -1.53. The highest BCUT2D eigenvalue weighted by Crippen LogP contribution is 2.40. The lowest BCUT2D eigenvalue weighted by Crippen LogP contribution is -2.42. The maximum atomic E-state index is 13.0. The van der Waals surface area contributed by atoms with Gasteiger partial charge in [-0.15, -0.1) is 0 Å². The molecular formula is C28H52N2O5Si2. The third-order valence-corrected chi connectivity index (χ3v) is 15.3. The molecule has 0 fully saturated rings. The van der Waals surface area contributed by atoms with Crippen LogP contribution >= 0.6 is 0 Å². The molecule has 9 heteroatoms. The monoisotopic (exact) mass is 552 g/mol. The average molecular weight is 553 g/mol. The minimum atomic E-state index is -2.33. The summed E-state index contributed by atoms with van der Waals surface area (Å²) in [6, 6.07) is 9.55. The molecule has 7 nitrogen and oxygen atoms in total. The number of hydrogen-bond acceptors (Lipinski definition) is 6.